The SMILES string of the molecule is CCOC(=O)C(C(=O)OCC)C(c1ccccc1)c1c(O)c2ccccc2oc1=O. The summed E-state index contributed by atoms with van der Waals surface area (Å²) in [5.74, 6) is -4.71. The van der Waals surface area contributed by atoms with E-state index < -0.39 is 29.4 Å². The van der Waals surface area contributed by atoms with Gasteiger partial charge < -0.3 is 19.0 Å². The van der Waals surface area contributed by atoms with E-state index in [1.165, 1.54) is 0 Å². The molecule has 156 valence electrons. The fourth-order valence-electron chi connectivity index (χ4n) is 3.44. The van der Waals surface area contributed by atoms with E-state index in [4.69, 9.17) is 13.9 Å². The molecule has 1 heterocycles. The summed E-state index contributed by atoms with van der Waals surface area (Å²) in [6, 6.07) is 15.0. The molecule has 30 heavy (non-hydrogen) atoms. The van der Waals surface area contributed by atoms with Crippen molar-refractivity contribution in [3.63, 3.8) is 0 Å². The summed E-state index contributed by atoms with van der Waals surface area (Å²) in [6.07, 6.45) is 0. The number of esters is 2. The third-order valence-corrected chi connectivity index (χ3v) is 4.70. The minimum Gasteiger partial charge on any atom is -0.507 e. The lowest BCUT2D eigenvalue weighted by atomic mass is 9.80. The van der Waals surface area contributed by atoms with Crippen LogP contribution in [0.15, 0.2) is 63.8 Å². The Morgan fingerprint density at radius 1 is 0.933 bits per heavy atom. The summed E-state index contributed by atoms with van der Waals surface area (Å²) in [5, 5.41) is 11.3. The standard InChI is InChI=1S/C23H22O7/c1-3-28-21(25)19(22(26)29-4-2)17(14-10-6-5-7-11-14)18-20(24)15-12-8-9-13-16(15)30-23(18)27/h5-13,17,19,24H,3-4H2,1-2H3. The van der Waals surface area contributed by atoms with Gasteiger partial charge in [-0.05, 0) is 31.5 Å². The van der Waals surface area contributed by atoms with Crippen LogP contribution in [0.25, 0.3) is 11.0 Å². The van der Waals surface area contributed by atoms with Crippen molar-refractivity contribution in [2.75, 3.05) is 13.2 Å². The molecule has 3 aromatic rings. The first kappa shape index (κ1) is 21.1. The Morgan fingerprint density at radius 2 is 1.50 bits per heavy atom. The number of hydrogen-bond acceptors (Lipinski definition) is 7. The minimum absolute atomic E-state index is 0.0363. The van der Waals surface area contributed by atoms with Gasteiger partial charge in [-0.3, -0.25) is 9.59 Å². The Morgan fingerprint density at radius 3 is 2.10 bits per heavy atom. The quantitative estimate of drug-likeness (QED) is 0.362. The van der Waals surface area contributed by atoms with Gasteiger partial charge in [0.2, 0.25) is 0 Å². The number of carbonyl (C=O) groups is 2. The predicted molar refractivity (Wildman–Crippen MR) is 109 cm³/mol. The minimum atomic E-state index is -1.50. The molecule has 0 bridgehead atoms. The van der Waals surface area contributed by atoms with Crippen LogP contribution in [0.2, 0.25) is 0 Å². The van der Waals surface area contributed by atoms with Crippen molar-refractivity contribution in [3.05, 3.63) is 76.1 Å². The van der Waals surface area contributed by atoms with Gasteiger partial charge in [-0.15, -0.1) is 0 Å². The molecule has 7 nitrogen and oxygen atoms in total. The number of fused-ring (bicyclic) bond motifs is 1. The number of aromatic hydroxyl groups is 1. The Bertz CT molecular complexity index is 1080. The van der Waals surface area contributed by atoms with Gasteiger partial charge in [0.25, 0.3) is 0 Å². The lowest BCUT2D eigenvalue weighted by Gasteiger charge is -2.25. The van der Waals surface area contributed by atoms with E-state index in [1.54, 1.807) is 68.4 Å². The summed E-state index contributed by atoms with van der Waals surface area (Å²) in [6.45, 7) is 3.29. The number of para-hydroxylation sites is 1. The van der Waals surface area contributed by atoms with Crippen LogP contribution in [0.3, 0.4) is 0 Å². The monoisotopic (exact) mass is 410 g/mol. The normalized spacial score (nSPS) is 12.0. The summed E-state index contributed by atoms with van der Waals surface area (Å²) in [5.41, 5.74) is -0.398. The fourth-order valence-corrected chi connectivity index (χ4v) is 3.44. The van der Waals surface area contributed by atoms with Gasteiger partial charge in [0, 0.05) is 5.92 Å². The van der Waals surface area contributed by atoms with Gasteiger partial charge >= 0.3 is 17.6 Å². The summed E-state index contributed by atoms with van der Waals surface area (Å²) in [7, 11) is 0. The van der Waals surface area contributed by atoms with Crippen molar-refractivity contribution in [3.8, 4) is 5.75 Å². The highest BCUT2D eigenvalue weighted by atomic mass is 16.6. The van der Waals surface area contributed by atoms with Gasteiger partial charge in [0.15, 0.2) is 5.92 Å². The number of ether oxygens (including phenoxy) is 2. The zero-order valence-corrected chi connectivity index (χ0v) is 16.7. The summed E-state index contributed by atoms with van der Waals surface area (Å²) in [4.78, 5) is 38.5. The average molecular weight is 410 g/mol. The molecule has 1 aromatic heterocycles. The van der Waals surface area contributed by atoms with Crippen molar-refractivity contribution in [1.29, 1.82) is 0 Å². The smallest absolute Gasteiger partial charge is 0.343 e. The molecule has 0 aliphatic heterocycles. The molecule has 0 radical (unpaired) electrons. The fraction of sp³-hybridized carbons (Fsp3) is 0.261. The summed E-state index contributed by atoms with van der Waals surface area (Å²) < 4.78 is 15.6. The third kappa shape index (κ3) is 4.05. The van der Waals surface area contributed by atoms with Crippen LogP contribution in [0.4, 0.5) is 0 Å². The molecule has 0 aliphatic rings. The van der Waals surface area contributed by atoms with E-state index >= 15 is 0 Å². The van der Waals surface area contributed by atoms with Crippen molar-refractivity contribution in [2.24, 2.45) is 5.92 Å². The maximum absolute atomic E-state index is 12.9. The second-order valence-corrected chi connectivity index (χ2v) is 6.52. The second kappa shape index (κ2) is 9.26. The highest BCUT2D eigenvalue weighted by Gasteiger charge is 2.42. The molecule has 0 fully saturated rings. The molecule has 0 spiro atoms. The number of benzene rings is 2. The summed E-state index contributed by atoms with van der Waals surface area (Å²) >= 11 is 0. The van der Waals surface area contributed by atoms with E-state index in [9.17, 15) is 19.5 Å². The first-order valence-electron chi connectivity index (χ1n) is 9.62. The van der Waals surface area contributed by atoms with E-state index in [-0.39, 0.29) is 30.1 Å². The van der Waals surface area contributed by atoms with Crippen LogP contribution >= 0.6 is 0 Å². The first-order valence-corrected chi connectivity index (χ1v) is 9.62. The largest absolute Gasteiger partial charge is 0.507 e. The maximum atomic E-state index is 12.9. The molecule has 3 rings (SSSR count). The van der Waals surface area contributed by atoms with Crippen LogP contribution < -0.4 is 5.63 Å². The van der Waals surface area contributed by atoms with Gasteiger partial charge in [-0.1, -0.05) is 42.5 Å². The third-order valence-electron chi connectivity index (χ3n) is 4.70. The van der Waals surface area contributed by atoms with Crippen molar-refractivity contribution >= 4 is 22.9 Å². The van der Waals surface area contributed by atoms with Crippen LogP contribution in [0, 0.1) is 5.92 Å². The Balaban J connectivity index is 2.31. The van der Waals surface area contributed by atoms with E-state index in [1.807, 2.05) is 0 Å². The molecule has 7 heteroatoms. The predicted octanol–water partition coefficient (Wildman–Crippen LogP) is 3.37. The molecule has 1 unspecified atom stereocenters. The molecule has 2 aromatic carbocycles. The topological polar surface area (TPSA) is 103 Å². The van der Waals surface area contributed by atoms with Crippen LogP contribution in [-0.4, -0.2) is 30.3 Å². The van der Waals surface area contributed by atoms with Crippen molar-refractivity contribution < 1.29 is 28.6 Å². The molecule has 1 atom stereocenters. The molecule has 0 saturated heterocycles. The Labute approximate surface area is 172 Å². The second-order valence-electron chi connectivity index (χ2n) is 6.52. The average Bonchev–Trinajstić information content (AvgIpc) is 2.74. The molecular weight excluding hydrogens is 388 g/mol. The molecular formula is C23H22O7. The lowest BCUT2D eigenvalue weighted by molar-refractivity contribution is -0.162. The Hall–Kier alpha value is -3.61. The zero-order chi connectivity index (χ0) is 21.7. The highest BCUT2D eigenvalue weighted by Crippen LogP contribution is 2.39. The van der Waals surface area contributed by atoms with Gasteiger partial charge in [-0.2, -0.15) is 0 Å². The van der Waals surface area contributed by atoms with Crippen LogP contribution in [0.1, 0.15) is 30.9 Å². The van der Waals surface area contributed by atoms with E-state index in [0.717, 1.165) is 0 Å². The van der Waals surface area contributed by atoms with Gasteiger partial charge in [0.1, 0.15) is 11.3 Å². The Kier molecular flexibility index (Phi) is 6.51. The van der Waals surface area contributed by atoms with E-state index in [2.05, 4.69) is 0 Å². The van der Waals surface area contributed by atoms with E-state index in [0.29, 0.717) is 10.9 Å². The number of hydrogen-bond donors (Lipinski definition) is 1. The van der Waals surface area contributed by atoms with Crippen LogP contribution in [0.5, 0.6) is 5.75 Å². The highest BCUT2D eigenvalue weighted by molar-refractivity contribution is 5.97. The first-order chi connectivity index (χ1) is 14.5. The molecule has 0 aliphatic carbocycles. The maximum Gasteiger partial charge on any atom is 0.343 e. The van der Waals surface area contributed by atoms with Gasteiger partial charge in [0.05, 0.1) is 24.2 Å². The molecule has 1 N–H and O–H groups in total. The zero-order valence-electron chi connectivity index (χ0n) is 16.7. The number of rotatable bonds is 7. The molecule has 0 amide bonds. The van der Waals surface area contributed by atoms with Crippen molar-refractivity contribution in [1.82, 2.24) is 0 Å². The van der Waals surface area contributed by atoms with Crippen LogP contribution in [-0.2, 0) is 19.1 Å². The van der Waals surface area contributed by atoms with Gasteiger partial charge in [-0.25, -0.2) is 4.79 Å². The molecule has 0 saturated carbocycles. The lowest BCUT2D eigenvalue weighted by Crippen LogP contribution is -2.36. The van der Waals surface area contributed by atoms with Crippen molar-refractivity contribution in [2.45, 2.75) is 19.8 Å². The number of carbonyl (C=O) groups excluding carboxylic acids is 2.